The summed E-state index contributed by atoms with van der Waals surface area (Å²) in [6, 6.07) is 22.1. The molecule has 2 heteroatoms. The standard InChI is InChI=1S/C19H24N2/c1-13-17(20)14(2)19(16-11-7-4-8-12-16)21-18(13)15-9-5-3-6-10-15/h3-14,17-19,21H,20H2,1-2H3. The van der Waals surface area contributed by atoms with Gasteiger partial charge in [0.2, 0.25) is 0 Å². The predicted octanol–water partition coefficient (Wildman–Crippen LogP) is 3.67. The predicted molar refractivity (Wildman–Crippen MR) is 87.8 cm³/mol. The van der Waals surface area contributed by atoms with Gasteiger partial charge in [-0.25, -0.2) is 0 Å². The Labute approximate surface area is 127 Å². The highest BCUT2D eigenvalue weighted by atomic mass is 15.0. The monoisotopic (exact) mass is 280 g/mol. The van der Waals surface area contributed by atoms with E-state index in [1.54, 1.807) is 0 Å². The van der Waals surface area contributed by atoms with Gasteiger partial charge in [-0.2, -0.15) is 0 Å². The molecule has 2 aromatic rings. The van der Waals surface area contributed by atoms with Crippen LogP contribution < -0.4 is 11.1 Å². The molecule has 110 valence electrons. The molecule has 1 aliphatic heterocycles. The lowest BCUT2D eigenvalue weighted by molar-refractivity contribution is 0.151. The van der Waals surface area contributed by atoms with Crippen molar-refractivity contribution in [3.8, 4) is 0 Å². The molecule has 4 unspecified atom stereocenters. The van der Waals surface area contributed by atoms with Crippen LogP contribution in [0, 0.1) is 11.8 Å². The van der Waals surface area contributed by atoms with Crippen LogP contribution in [0.2, 0.25) is 0 Å². The summed E-state index contributed by atoms with van der Waals surface area (Å²) in [4.78, 5) is 0. The first-order valence-electron chi connectivity index (χ1n) is 7.80. The van der Waals surface area contributed by atoms with Crippen molar-refractivity contribution in [2.24, 2.45) is 17.6 Å². The van der Waals surface area contributed by atoms with E-state index in [1.807, 2.05) is 0 Å². The average Bonchev–Trinajstić information content (AvgIpc) is 2.55. The summed E-state index contributed by atoms with van der Waals surface area (Å²) in [5.74, 6) is 0.838. The number of hydrogen-bond donors (Lipinski definition) is 2. The second kappa shape index (κ2) is 6.00. The fourth-order valence-corrected chi connectivity index (χ4v) is 3.54. The Bertz CT molecular complexity index is 515. The summed E-state index contributed by atoms with van der Waals surface area (Å²) in [6.45, 7) is 4.51. The Morgan fingerprint density at radius 1 is 0.714 bits per heavy atom. The van der Waals surface area contributed by atoms with Crippen LogP contribution in [-0.2, 0) is 0 Å². The van der Waals surface area contributed by atoms with E-state index < -0.39 is 0 Å². The molecule has 2 nitrogen and oxygen atoms in total. The van der Waals surface area contributed by atoms with Crippen molar-refractivity contribution in [2.45, 2.75) is 32.0 Å². The molecule has 0 aromatic heterocycles. The molecule has 3 N–H and O–H groups in total. The average molecular weight is 280 g/mol. The van der Waals surface area contributed by atoms with Gasteiger partial charge in [0, 0.05) is 18.1 Å². The zero-order valence-electron chi connectivity index (χ0n) is 12.7. The molecule has 1 aliphatic rings. The van der Waals surface area contributed by atoms with Crippen molar-refractivity contribution in [1.29, 1.82) is 0 Å². The Morgan fingerprint density at radius 3 is 1.48 bits per heavy atom. The highest BCUT2D eigenvalue weighted by molar-refractivity contribution is 5.26. The SMILES string of the molecule is CC1C(c2ccccc2)NC(c2ccccc2)C(C)C1N. The van der Waals surface area contributed by atoms with Gasteiger partial charge in [-0.3, -0.25) is 0 Å². The molecule has 4 atom stereocenters. The highest BCUT2D eigenvalue weighted by Gasteiger charge is 2.39. The van der Waals surface area contributed by atoms with Crippen LogP contribution >= 0.6 is 0 Å². The van der Waals surface area contributed by atoms with E-state index in [4.69, 9.17) is 5.73 Å². The Kier molecular flexibility index (Phi) is 4.09. The number of nitrogens with one attached hydrogen (secondary N) is 1. The maximum Gasteiger partial charge on any atom is 0.0366 e. The maximum absolute atomic E-state index is 6.54. The van der Waals surface area contributed by atoms with Gasteiger partial charge in [0.25, 0.3) is 0 Å². The topological polar surface area (TPSA) is 38.0 Å². The molecular formula is C19H24N2. The van der Waals surface area contributed by atoms with Gasteiger partial charge in [-0.05, 0) is 23.0 Å². The summed E-state index contributed by atoms with van der Waals surface area (Å²) in [6.07, 6.45) is 0. The summed E-state index contributed by atoms with van der Waals surface area (Å²) in [5, 5.41) is 3.84. The van der Waals surface area contributed by atoms with Crippen LogP contribution in [0.3, 0.4) is 0 Å². The Balaban J connectivity index is 1.93. The normalized spacial score (nSPS) is 32.8. The first-order chi connectivity index (χ1) is 10.2. The van der Waals surface area contributed by atoms with Crippen LogP contribution in [0.4, 0.5) is 0 Å². The number of piperidine rings is 1. The Morgan fingerprint density at radius 2 is 1.10 bits per heavy atom. The van der Waals surface area contributed by atoms with Gasteiger partial charge in [0.15, 0.2) is 0 Å². The van der Waals surface area contributed by atoms with Crippen LogP contribution in [0.25, 0.3) is 0 Å². The molecule has 1 saturated heterocycles. The molecule has 0 spiro atoms. The molecule has 1 heterocycles. The number of rotatable bonds is 2. The highest BCUT2D eigenvalue weighted by Crippen LogP contribution is 2.39. The van der Waals surface area contributed by atoms with E-state index in [0.29, 0.717) is 23.9 Å². The van der Waals surface area contributed by atoms with Gasteiger partial charge in [0.1, 0.15) is 0 Å². The number of nitrogens with two attached hydrogens (primary N) is 1. The summed E-state index contributed by atoms with van der Waals surface area (Å²) < 4.78 is 0. The molecule has 2 aromatic carbocycles. The molecule has 1 fully saturated rings. The van der Waals surface area contributed by atoms with E-state index in [0.717, 1.165) is 0 Å². The van der Waals surface area contributed by atoms with Crippen molar-refractivity contribution in [2.75, 3.05) is 0 Å². The van der Waals surface area contributed by atoms with E-state index in [-0.39, 0.29) is 6.04 Å². The van der Waals surface area contributed by atoms with Crippen molar-refractivity contribution in [3.63, 3.8) is 0 Å². The first-order valence-corrected chi connectivity index (χ1v) is 7.80. The lowest BCUT2D eigenvalue weighted by atomic mass is 9.74. The summed E-state index contributed by atoms with van der Waals surface area (Å²) in [5.41, 5.74) is 9.19. The van der Waals surface area contributed by atoms with E-state index in [9.17, 15) is 0 Å². The van der Waals surface area contributed by atoms with E-state index in [2.05, 4.69) is 79.8 Å². The zero-order valence-corrected chi connectivity index (χ0v) is 12.7. The van der Waals surface area contributed by atoms with Crippen molar-refractivity contribution in [3.05, 3.63) is 71.8 Å². The van der Waals surface area contributed by atoms with Crippen LogP contribution in [0.5, 0.6) is 0 Å². The maximum atomic E-state index is 6.54. The minimum absolute atomic E-state index is 0.196. The molecule has 21 heavy (non-hydrogen) atoms. The first kappa shape index (κ1) is 14.3. The van der Waals surface area contributed by atoms with Gasteiger partial charge < -0.3 is 11.1 Å². The Hall–Kier alpha value is -1.64. The van der Waals surface area contributed by atoms with Crippen LogP contribution in [0.15, 0.2) is 60.7 Å². The fourth-order valence-electron chi connectivity index (χ4n) is 3.54. The zero-order chi connectivity index (χ0) is 14.8. The summed E-state index contributed by atoms with van der Waals surface area (Å²) >= 11 is 0. The van der Waals surface area contributed by atoms with Crippen molar-refractivity contribution < 1.29 is 0 Å². The largest absolute Gasteiger partial charge is 0.327 e. The smallest absolute Gasteiger partial charge is 0.0366 e. The molecule has 0 radical (unpaired) electrons. The third-order valence-electron chi connectivity index (χ3n) is 4.94. The quantitative estimate of drug-likeness (QED) is 0.881. The molecule has 0 saturated carbocycles. The minimum Gasteiger partial charge on any atom is -0.327 e. The molecule has 0 amide bonds. The number of benzene rings is 2. The summed E-state index contributed by atoms with van der Waals surface area (Å²) in [7, 11) is 0. The molecule has 0 aliphatic carbocycles. The minimum atomic E-state index is 0.196. The fraction of sp³-hybridized carbons (Fsp3) is 0.368. The molecule has 0 bridgehead atoms. The lowest BCUT2D eigenvalue weighted by Gasteiger charge is -2.45. The van der Waals surface area contributed by atoms with Gasteiger partial charge in [-0.1, -0.05) is 74.5 Å². The third kappa shape index (κ3) is 2.74. The lowest BCUT2D eigenvalue weighted by Crippen LogP contribution is -2.52. The van der Waals surface area contributed by atoms with E-state index >= 15 is 0 Å². The third-order valence-corrected chi connectivity index (χ3v) is 4.94. The van der Waals surface area contributed by atoms with Gasteiger partial charge in [0.05, 0.1) is 0 Å². The van der Waals surface area contributed by atoms with Crippen LogP contribution in [-0.4, -0.2) is 6.04 Å². The van der Waals surface area contributed by atoms with Crippen molar-refractivity contribution >= 4 is 0 Å². The van der Waals surface area contributed by atoms with Gasteiger partial charge in [-0.15, -0.1) is 0 Å². The van der Waals surface area contributed by atoms with Gasteiger partial charge >= 0.3 is 0 Å². The second-order valence-corrected chi connectivity index (χ2v) is 6.24. The molecular weight excluding hydrogens is 256 g/mol. The molecule has 3 rings (SSSR count). The number of hydrogen-bond acceptors (Lipinski definition) is 2. The second-order valence-electron chi connectivity index (χ2n) is 6.24. The van der Waals surface area contributed by atoms with Crippen molar-refractivity contribution in [1.82, 2.24) is 5.32 Å². The van der Waals surface area contributed by atoms with E-state index in [1.165, 1.54) is 11.1 Å². The van der Waals surface area contributed by atoms with Crippen LogP contribution in [0.1, 0.15) is 37.1 Å².